The first-order valence-corrected chi connectivity index (χ1v) is 5.76. The summed E-state index contributed by atoms with van der Waals surface area (Å²) in [6.45, 7) is 1.77. The highest BCUT2D eigenvalue weighted by molar-refractivity contribution is 5.61. The van der Waals surface area contributed by atoms with Gasteiger partial charge in [0.1, 0.15) is 12.1 Å². The molecule has 1 aliphatic heterocycles. The van der Waals surface area contributed by atoms with Gasteiger partial charge in [-0.15, -0.1) is 0 Å². The molecule has 1 aromatic carbocycles. The Bertz CT molecular complexity index is 361. The lowest BCUT2D eigenvalue weighted by Crippen LogP contribution is -2.34. The molecular formula is C13H16FNO. The molecule has 1 fully saturated rings. The quantitative estimate of drug-likeness (QED) is 0.731. The van der Waals surface area contributed by atoms with E-state index in [0.29, 0.717) is 5.56 Å². The van der Waals surface area contributed by atoms with Crippen LogP contribution in [0.5, 0.6) is 0 Å². The smallest absolute Gasteiger partial charge is 0.141 e. The van der Waals surface area contributed by atoms with Gasteiger partial charge in [-0.05, 0) is 32.0 Å². The fraction of sp³-hybridized carbons (Fsp3) is 0.462. The van der Waals surface area contributed by atoms with E-state index in [9.17, 15) is 9.18 Å². The highest BCUT2D eigenvalue weighted by Gasteiger charge is 2.23. The zero-order chi connectivity index (χ0) is 11.4. The molecule has 1 atom stereocenters. The summed E-state index contributed by atoms with van der Waals surface area (Å²) in [7, 11) is 0. The first kappa shape index (κ1) is 11.3. The van der Waals surface area contributed by atoms with E-state index in [1.165, 1.54) is 12.5 Å². The summed E-state index contributed by atoms with van der Waals surface area (Å²) in [4.78, 5) is 13.2. The molecule has 0 saturated carbocycles. The average Bonchev–Trinajstić information content (AvgIpc) is 2.34. The molecule has 0 N–H and O–H groups in total. The summed E-state index contributed by atoms with van der Waals surface area (Å²) >= 11 is 0. The van der Waals surface area contributed by atoms with E-state index >= 15 is 0 Å². The standard InChI is InChI=1S/C13H16FNO/c14-12-7-3-2-6-11(12)13(10-16)15-8-4-1-5-9-15/h2-3,6-7,10,13H,1,4-5,8-9H2. The number of hydrogen-bond acceptors (Lipinski definition) is 2. The van der Waals surface area contributed by atoms with Crippen molar-refractivity contribution in [3.05, 3.63) is 35.6 Å². The molecule has 1 heterocycles. The van der Waals surface area contributed by atoms with Crippen LogP contribution in [0.1, 0.15) is 30.9 Å². The Kier molecular flexibility index (Phi) is 3.67. The third-order valence-electron chi connectivity index (χ3n) is 3.14. The molecule has 3 heteroatoms. The second-order valence-electron chi connectivity index (χ2n) is 4.20. The summed E-state index contributed by atoms with van der Waals surface area (Å²) in [5.74, 6) is -0.287. The van der Waals surface area contributed by atoms with Crippen molar-refractivity contribution < 1.29 is 9.18 Å². The van der Waals surface area contributed by atoms with Crippen molar-refractivity contribution in [1.29, 1.82) is 0 Å². The molecule has 0 bridgehead atoms. The van der Waals surface area contributed by atoms with Crippen LogP contribution < -0.4 is 0 Å². The molecule has 1 aromatic rings. The largest absolute Gasteiger partial charge is 0.301 e. The zero-order valence-corrected chi connectivity index (χ0v) is 9.23. The first-order valence-electron chi connectivity index (χ1n) is 5.76. The molecule has 0 amide bonds. The summed E-state index contributed by atoms with van der Waals surface area (Å²) < 4.78 is 13.6. The highest BCUT2D eigenvalue weighted by atomic mass is 19.1. The van der Waals surface area contributed by atoms with Gasteiger partial charge in [0.25, 0.3) is 0 Å². The second-order valence-corrected chi connectivity index (χ2v) is 4.20. The maximum absolute atomic E-state index is 13.6. The molecule has 0 aliphatic carbocycles. The minimum absolute atomic E-state index is 0.287. The van der Waals surface area contributed by atoms with E-state index in [1.807, 2.05) is 0 Å². The Hall–Kier alpha value is -1.22. The first-order chi connectivity index (χ1) is 7.83. The van der Waals surface area contributed by atoms with E-state index in [-0.39, 0.29) is 5.82 Å². The van der Waals surface area contributed by atoms with Gasteiger partial charge in [-0.25, -0.2) is 4.39 Å². The van der Waals surface area contributed by atoms with Crippen LogP contribution in [0, 0.1) is 5.82 Å². The lowest BCUT2D eigenvalue weighted by atomic mass is 10.0. The van der Waals surface area contributed by atoms with Crippen LogP contribution in [0.3, 0.4) is 0 Å². The van der Waals surface area contributed by atoms with E-state index in [1.54, 1.807) is 18.2 Å². The lowest BCUT2D eigenvalue weighted by molar-refractivity contribution is -0.113. The van der Waals surface area contributed by atoms with E-state index in [2.05, 4.69) is 4.90 Å². The van der Waals surface area contributed by atoms with E-state index < -0.39 is 6.04 Å². The van der Waals surface area contributed by atoms with Crippen LogP contribution in [0.2, 0.25) is 0 Å². The molecule has 16 heavy (non-hydrogen) atoms. The molecular weight excluding hydrogens is 205 g/mol. The number of benzene rings is 1. The minimum atomic E-state index is -0.415. The number of nitrogens with zero attached hydrogens (tertiary/aromatic N) is 1. The van der Waals surface area contributed by atoms with Gasteiger partial charge in [0.2, 0.25) is 0 Å². The molecule has 1 unspecified atom stereocenters. The Morgan fingerprint density at radius 1 is 1.19 bits per heavy atom. The Morgan fingerprint density at radius 2 is 1.88 bits per heavy atom. The van der Waals surface area contributed by atoms with Crippen molar-refractivity contribution in [2.75, 3.05) is 13.1 Å². The maximum atomic E-state index is 13.6. The number of halogens is 1. The Labute approximate surface area is 95.1 Å². The van der Waals surface area contributed by atoms with Gasteiger partial charge in [-0.2, -0.15) is 0 Å². The van der Waals surface area contributed by atoms with E-state index in [0.717, 1.165) is 32.2 Å². The summed E-state index contributed by atoms with van der Waals surface area (Å²) in [5.41, 5.74) is 0.499. The number of aldehydes is 1. The van der Waals surface area contributed by atoms with Crippen LogP contribution in [0.4, 0.5) is 4.39 Å². The van der Waals surface area contributed by atoms with Gasteiger partial charge in [0.15, 0.2) is 0 Å². The molecule has 86 valence electrons. The third kappa shape index (κ3) is 2.30. The monoisotopic (exact) mass is 221 g/mol. The van der Waals surface area contributed by atoms with Crippen molar-refractivity contribution in [1.82, 2.24) is 4.90 Å². The van der Waals surface area contributed by atoms with E-state index in [4.69, 9.17) is 0 Å². The lowest BCUT2D eigenvalue weighted by Gasteiger charge is -2.31. The number of rotatable bonds is 3. The average molecular weight is 221 g/mol. The van der Waals surface area contributed by atoms with Crippen molar-refractivity contribution in [3.8, 4) is 0 Å². The van der Waals surface area contributed by atoms with Crippen LogP contribution in [-0.2, 0) is 4.79 Å². The van der Waals surface area contributed by atoms with Crippen molar-refractivity contribution in [2.45, 2.75) is 25.3 Å². The summed E-state index contributed by atoms with van der Waals surface area (Å²) in [6, 6.07) is 6.12. The third-order valence-corrected chi connectivity index (χ3v) is 3.14. The predicted molar refractivity (Wildman–Crippen MR) is 60.6 cm³/mol. The zero-order valence-electron chi connectivity index (χ0n) is 9.23. The van der Waals surface area contributed by atoms with Crippen LogP contribution in [-0.4, -0.2) is 24.3 Å². The number of carbonyl (C=O) groups excluding carboxylic acids is 1. The molecule has 0 spiro atoms. The van der Waals surface area contributed by atoms with Crippen molar-refractivity contribution in [2.24, 2.45) is 0 Å². The topological polar surface area (TPSA) is 20.3 Å². The van der Waals surface area contributed by atoms with Gasteiger partial charge >= 0.3 is 0 Å². The highest BCUT2D eigenvalue weighted by Crippen LogP contribution is 2.24. The molecule has 2 rings (SSSR count). The molecule has 0 radical (unpaired) electrons. The molecule has 1 saturated heterocycles. The van der Waals surface area contributed by atoms with Crippen molar-refractivity contribution >= 4 is 6.29 Å². The molecule has 1 aliphatic rings. The Morgan fingerprint density at radius 3 is 2.50 bits per heavy atom. The van der Waals surface area contributed by atoms with Gasteiger partial charge < -0.3 is 4.79 Å². The van der Waals surface area contributed by atoms with Gasteiger partial charge in [-0.3, -0.25) is 4.90 Å². The number of likely N-dealkylation sites (tertiary alicyclic amines) is 1. The fourth-order valence-electron chi connectivity index (χ4n) is 2.27. The van der Waals surface area contributed by atoms with Crippen LogP contribution >= 0.6 is 0 Å². The normalized spacial score (nSPS) is 19.3. The SMILES string of the molecule is O=CC(c1ccccc1F)N1CCCCC1. The Balaban J connectivity index is 2.21. The van der Waals surface area contributed by atoms with Gasteiger partial charge in [-0.1, -0.05) is 24.6 Å². The molecule has 2 nitrogen and oxygen atoms in total. The number of carbonyl (C=O) groups is 1. The van der Waals surface area contributed by atoms with Gasteiger partial charge in [0, 0.05) is 5.56 Å². The minimum Gasteiger partial charge on any atom is -0.301 e. The summed E-state index contributed by atoms with van der Waals surface area (Å²) in [6.07, 6.45) is 4.25. The van der Waals surface area contributed by atoms with Gasteiger partial charge in [0.05, 0.1) is 6.04 Å². The second kappa shape index (κ2) is 5.21. The predicted octanol–water partition coefficient (Wildman–Crippen LogP) is 2.55. The number of piperidine rings is 1. The maximum Gasteiger partial charge on any atom is 0.141 e. The summed E-state index contributed by atoms with van der Waals surface area (Å²) in [5, 5.41) is 0. The van der Waals surface area contributed by atoms with Crippen molar-refractivity contribution in [3.63, 3.8) is 0 Å². The van der Waals surface area contributed by atoms with Crippen LogP contribution in [0.15, 0.2) is 24.3 Å². The number of hydrogen-bond donors (Lipinski definition) is 0. The molecule has 0 aromatic heterocycles. The fourth-order valence-corrected chi connectivity index (χ4v) is 2.27. The van der Waals surface area contributed by atoms with Crippen LogP contribution in [0.25, 0.3) is 0 Å².